The standard InChI is InChI=1S/C17H17F2NO5S2/c1-25-15-2-4-16(5-3-15)27(23,24)17-9-20(10-17)26(21,22)11-12-6-13(18)8-14(19)7-12/h2-8,17H,9-11H2,1H3. The predicted octanol–water partition coefficient (Wildman–Crippen LogP) is 1.96. The SMILES string of the molecule is COc1ccc(S(=O)(=O)C2CN(S(=O)(=O)Cc3cc(F)cc(F)c3)C2)cc1. The van der Waals surface area contributed by atoms with Gasteiger partial charge in [0, 0.05) is 19.2 Å². The first-order valence-corrected chi connectivity index (χ1v) is 11.1. The summed E-state index contributed by atoms with van der Waals surface area (Å²) in [5.74, 6) is -1.83. The molecule has 0 radical (unpaired) electrons. The molecule has 2 aromatic rings. The molecule has 6 nitrogen and oxygen atoms in total. The van der Waals surface area contributed by atoms with Crippen molar-refractivity contribution in [3.8, 4) is 5.75 Å². The summed E-state index contributed by atoms with van der Waals surface area (Å²) >= 11 is 0. The smallest absolute Gasteiger partial charge is 0.218 e. The Morgan fingerprint density at radius 1 is 1.00 bits per heavy atom. The number of hydrogen-bond acceptors (Lipinski definition) is 5. The second-order valence-corrected chi connectivity index (χ2v) is 10.4. The Labute approximate surface area is 156 Å². The second kappa shape index (κ2) is 7.17. The summed E-state index contributed by atoms with van der Waals surface area (Å²) in [4.78, 5) is 0.0811. The van der Waals surface area contributed by atoms with Crippen LogP contribution in [-0.2, 0) is 25.6 Å². The van der Waals surface area contributed by atoms with E-state index in [1.165, 1.54) is 31.4 Å². The Morgan fingerprint density at radius 2 is 1.56 bits per heavy atom. The van der Waals surface area contributed by atoms with E-state index in [0.29, 0.717) is 11.8 Å². The van der Waals surface area contributed by atoms with E-state index in [0.717, 1.165) is 16.4 Å². The van der Waals surface area contributed by atoms with Gasteiger partial charge in [-0.2, -0.15) is 4.31 Å². The fourth-order valence-corrected chi connectivity index (χ4v) is 6.20. The molecule has 0 saturated carbocycles. The molecule has 146 valence electrons. The second-order valence-electron chi connectivity index (χ2n) is 6.19. The first kappa shape index (κ1) is 19.7. The van der Waals surface area contributed by atoms with Gasteiger partial charge in [0.15, 0.2) is 9.84 Å². The van der Waals surface area contributed by atoms with Crippen molar-refractivity contribution in [3.63, 3.8) is 0 Å². The number of rotatable bonds is 6. The van der Waals surface area contributed by atoms with E-state index < -0.39 is 42.5 Å². The molecule has 0 aromatic heterocycles. The quantitative estimate of drug-likeness (QED) is 0.718. The number of benzene rings is 2. The third-order valence-electron chi connectivity index (χ3n) is 4.31. The van der Waals surface area contributed by atoms with Gasteiger partial charge >= 0.3 is 0 Å². The fraction of sp³-hybridized carbons (Fsp3) is 0.294. The Hall–Kier alpha value is -2.04. The summed E-state index contributed by atoms with van der Waals surface area (Å²) in [5, 5.41) is -0.870. The van der Waals surface area contributed by atoms with Crippen LogP contribution < -0.4 is 4.74 Å². The summed E-state index contributed by atoms with van der Waals surface area (Å²) in [7, 11) is -6.11. The van der Waals surface area contributed by atoms with Crippen LogP contribution in [0.25, 0.3) is 0 Å². The van der Waals surface area contributed by atoms with E-state index in [9.17, 15) is 25.6 Å². The number of methoxy groups -OCH3 is 1. The van der Waals surface area contributed by atoms with Gasteiger partial charge in [-0.3, -0.25) is 0 Å². The molecule has 0 atom stereocenters. The van der Waals surface area contributed by atoms with Gasteiger partial charge in [-0.1, -0.05) is 0 Å². The number of sulfone groups is 1. The molecule has 0 spiro atoms. The molecular formula is C17H17F2NO5S2. The molecule has 3 rings (SSSR count). The average Bonchev–Trinajstić information content (AvgIpc) is 2.51. The van der Waals surface area contributed by atoms with Crippen LogP contribution in [0.2, 0.25) is 0 Å². The molecule has 1 heterocycles. The number of sulfonamides is 1. The number of nitrogens with zero attached hydrogens (tertiary/aromatic N) is 1. The first-order valence-electron chi connectivity index (χ1n) is 7.92. The molecule has 0 aliphatic carbocycles. The van der Waals surface area contributed by atoms with Crippen LogP contribution in [0.15, 0.2) is 47.4 Å². The van der Waals surface area contributed by atoms with Crippen molar-refractivity contribution in [1.82, 2.24) is 4.31 Å². The topological polar surface area (TPSA) is 80.8 Å². The maximum Gasteiger partial charge on any atom is 0.218 e. The van der Waals surface area contributed by atoms with E-state index in [1.54, 1.807) is 0 Å². The van der Waals surface area contributed by atoms with Crippen molar-refractivity contribution in [2.75, 3.05) is 20.2 Å². The van der Waals surface area contributed by atoms with E-state index in [1.807, 2.05) is 0 Å². The monoisotopic (exact) mass is 417 g/mol. The summed E-state index contributed by atoms with van der Waals surface area (Å²) in [5.41, 5.74) is -0.0334. The van der Waals surface area contributed by atoms with Crippen molar-refractivity contribution in [2.45, 2.75) is 15.9 Å². The molecule has 0 unspecified atom stereocenters. The Morgan fingerprint density at radius 3 is 2.07 bits per heavy atom. The van der Waals surface area contributed by atoms with Gasteiger partial charge in [-0.15, -0.1) is 0 Å². The molecular weight excluding hydrogens is 400 g/mol. The van der Waals surface area contributed by atoms with E-state index in [-0.39, 0.29) is 23.5 Å². The fourth-order valence-electron chi connectivity index (χ4n) is 2.78. The Bertz CT molecular complexity index is 1030. The zero-order chi connectivity index (χ0) is 19.8. The largest absolute Gasteiger partial charge is 0.497 e. The lowest BCUT2D eigenvalue weighted by molar-refractivity contribution is 0.309. The zero-order valence-electron chi connectivity index (χ0n) is 14.3. The lowest BCUT2D eigenvalue weighted by Crippen LogP contribution is -2.56. The molecule has 27 heavy (non-hydrogen) atoms. The van der Waals surface area contributed by atoms with Crippen LogP contribution in [0.4, 0.5) is 8.78 Å². The molecule has 0 bridgehead atoms. The highest BCUT2D eigenvalue weighted by Gasteiger charge is 2.43. The third kappa shape index (κ3) is 4.12. The molecule has 0 amide bonds. The number of ether oxygens (including phenoxy) is 1. The van der Waals surface area contributed by atoms with Crippen molar-refractivity contribution in [2.24, 2.45) is 0 Å². The van der Waals surface area contributed by atoms with Crippen LogP contribution in [0.5, 0.6) is 5.75 Å². The van der Waals surface area contributed by atoms with Gasteiger partial charge in [0.05, 0.1) is 23.0 Å². The summed E-state index contributed by atoms with van der Waals surface area (Å²) in [6.45, 7) is -0.400. The molecule has 1 saturated heterocycles. The van der Waals surface area contributed by atoms with Crippen LogP contribution in [0.3, 0.4) is 0 Å². The zero-order valence-corrected chi connectivity index (χ0v) is 15.9. The Kier molecular flexibility index (Phi) is 5.24. The van der Waals surface area contributed by atoms with Crippen molar-refractivity contribution in [1.29, 1.82) is 0 Å². The van der Waals surface area contributed by atoms with E-state index in [2.05, 4.69) is 0 Å². The average molecular weight is 417 g/mol. The van der Waals surface area contributed by atoms with Gasteiger partial charge in [-0.05, 0) is 42.0 Å². The number of halogens is 2. The lowest BCUT2D eigenvalue weighted by Gasteiger charge is -2.37. The van der Waals surface area contributed by atoms with Gasteiger partial charge in [0.25, 0.3) is 0 Å². The summed E-state index contributed by atoms with van der Waals surface area (Å²) in [6, 6.07) is 8.36. The lowest BCUT2D eigenvalue weighted by atomic mass is 10.2. The summed E-state index contributed by atoms with van der Waals surface area (Å²) < 4.78 is 82.3. The molecule has 1 fully saturated rings. The van der Waals surface area contributed by atoms with Crippen LogP contribution in [-0.4, -0.2) is 46.6 Å². The minimum atomic E-state index is -3.88. The highest BCUT2D eigenvalue weighted by atomic mass is 32.2. The third-order valence-corrected chi connectivity index (χ3v) is 8.19. The van der Waals surface area contributed by atoms with E-state index in [4.69, 9.17) is 4.74 Å². The predicted molar refractivity (Wildman–Crippen MR) is 94.5 cm³/mol. The van der Waals surface area contributed by atoms with Gasteiger partial charge < -0.3 is 4.74 Å². The molecule has 10 heteroatoms. The van der Waals surface area contributed by atoms with Crippen molar-refractivity contribution < 1.29 is 30.4 Å². The van der Waals surface area contributed by atoms with Crippen molar-refractivity contribution in [3.05, 3.63) is 59.7 Å². The molecule has 2 aromatic carbocycles. The highest BCUT2D eigenvalue weighted by molar-refractivity contribution is 7.92. The maximum atomic E-state index is 13.2. The molecule has 1 aliphatic heterocycles. The maximum absolute atomic E-state index is 13.2. The molecule has 0 N–H and O–H groups in total. The van der Waals surface area contributed by atoms with Gasteiger partial charge in [0.2, 0.25) is 10.0 Å². The van der Waals surface area contributed by atoms with Crippen LogP contribution >= 0.6 is 0 Å². The minimum absolute atomic E-state index is 0.0334. The highest BCUT2D eigenvalue weighted by Crippen LogP contribution is 2.28. The van der Waals surface area contributed by atoms with Crippen molar-refractivity contribution >= 4 is 19.9 Å². The molecule has 1 aliphatic rings. The van der Waals surface area contributed by atoms with E-state index >= 15 is 0 Å². The number of hydrogen-bond donors (Lipinski definition) is 0. The first-order chi connectivity index (χ1) is 12.6. The van der Waals surface area contributed by atoms with Gasteiger partial charge in [0.1, 0.15) is 17.4 Å². The minimum Gasteiger partial charge on any atom is -0.497 e. The van der Waals surface area contributed by atoms with Crippen LogP contribution in [0, 0.1) is 11.6 Å². The van der Waals surface area contributed by atoms with Gasteiger partial charge in [-0.25, -0.2) is 25.6 Å². The normalized spacial score (nSPS) is 16.1. The van der Waals surface area contributed by atoms with Crippen LogP contribution in [0.1, 0.15) is 5.56 Å². The summed E-state index contributed by atoms with van der Waals surface area (Å²) in [6.07, 6.45) is 0. The Balaban J connectivity index is 1.70.